The standard InChI is InChI=1S/C11H12N2OS/c1-7-4-3-5-10(9(7)6-12)13-11(14)8(2)15/h3-5,8,15H,1-2H3,(H,13,14). The highest BCUT2D eigenvalue weighted by atomic mass is 32.1. The van der Waals surface area contributed by atoms with Crippen LogP contribution in [-0.4, -0.2) is 11.2 Å². The van der Waals surface area contributed by atoms with Crippen LogP contribution in [-0.2, 0) is 4.79 Å². The first-order valence-electron chi connectivity index (χ1n) is 4.55. The highest BCUT2D eigenvalue weighted by molar-refractivity contribution is 7.81. The molecule has 78 valence electrons. The van der Waals surface area contributed by atoms with Crippen LogP contribution in [0.1, 0.15) is 18.1 Å². The van der Waals surface area contributed by atoms with Crippen molar-refractivity contribution in [1.29, 1.82) is 5.26 Å². The SMILES string of the molecule is Cc1cccc(NC(=O)C(C)S)c1C#N. The topological polar surface area (TPSA) is 52.9 Å². The summed E-state index contributed by atoms with van der Waals surface area (Å²) in [6, 6.07) is 7.41. The van der Waals surface area contributed by atoms with Crippen molar-refractivity contribution in [3.63, 3.8) is 0 Å². The van der Waals surface area contributed by atoms with Gasteiger partial charge < -0.3 is 5.32 Å². The second-order valence-electron chi connectivity index (χ2n) is 3.27. The van der Waals surface area contributed by atoms with Gasteiger partial charge in [-0.1, -0.05) is 12.1 Å². The molecule has 0 aliphatic carbocycles. The summed E-state index contributed by atoms with van der Waals surface area (Å²) in [6.45, 7) is 3.51. The molecule has 1 unspecified atom stereocenters. The fraction of sp³-hybridized carbons (Fsp3) is 0.273. The molecule has 0 spiro atoms. The fourth-order valence-corrected chi connectivity index (χ4v) is 1.22. The lowest BCUT2D eigenvalue weighted by atomic mass is 10.1. The van der Waals surface area contributed by atoms with E-state index < -0.39 is 5.25 Å². The molecule has 0 heterocycles. The van der Waals surface area contributed by atoms with Gasteiger partial charge in [0.15, 0.2) is 0 Å². The van der Waals surface area contributed by atoms with Gasteiger partial charge in [-0.05, 0) is 25.5 Å². The summed E-state index contributed by atoms with van der Waals surface area (Å²) in [5, 5.41) is 11.2. The summed E-state index contributed by atoms with van der Waals surface area (Å²) in [6.07, 6.45) is 0. The molecule has 0 radical (unpaired) electrons. The molecule has 1 atom stereocenters. The van der Waals surface area contributed by atoms with E-state index >= 15 is 0 Å². The van der Waals surface area contributed by atoms with Crippen molar-refractivity contribution < 1.29 is 4.79 Å². The molecule has 0 bridgehead atoms. The Morgan fingerprint density at radius 1 is 1.60 bits per heavy atom. The first-order valence-corrected chi connectivity index (χ1v) is 5.06. The number of aryl methyl sites for hydroxylation is 1. The molecule has 0 aliphatic heterocycles. The smallest absolute Gasteiger partial charge is 0.236 e. The van der Waals surface area contributed by atoms with E-state index in [-0.39, 0.29) is 5.91 Å². The van der Waals surface area contributed by atoms with Gasteiger partial charge >= 0.3 is 0 Å². The largest absolute Gasteiger partial charge is 0.324 e. The van der Waals surface area contributed by atoms with E-state index in [4.69, 9.17) is 5.26 Å². The van der Waals surface area contributed by atoms with Crippen molar-refractivity contribution in [2.45, 2.75) is 19.1 Å². The molecular formula is C11H12N2OS. The second kappa shape index (κ2) is 4.85. The van der Waals surface area contributed by atoms with Gasteiger partial charge in [0, 0.05) is 0 Å². The average molecular weight is 220 g/mol. The first-order chi connectivity index (χ1) is 7.06. The van der Waals surface area contributed by atoms with Gasteiger partial charge in [0.05, 0.1) is 16.5 Å². The average Bonchev–Trinajstić information content (AvgIpc) is 2.18. The third-order valence-corrected chi connectivity index (χ3v) is 2.26. The lowest BCUT2D eigenvalue weighted by Gasteiger charge is -2.09. The van der Waals surface area contributed by atoms with Gasteiger partial charge in [0.1, 0.15) is 6.07 Å². The van der Waals surface area contributed by atoms with E-state index in [9.17, 15) is 4.79 Å². The van der Waals surface area contributed by atoms with Gasteiger partial charge in [0.25, 0.3) is 0 Å². The van der Waals surface area contributed by atoms with Crippen LogP contribution in [0.5, 0.6) is 0 Å². The lowest BCUT2D eigenvalue weighted by molar-refractivity contribution is -0.115. The molecule has 0 saturated carbocycles. The Hall–Kier alpha value is -1.47. The van der Waals surface area contributed by atoms with Crippen LogP contribution in [0.2, 0.25) is 0 Å². The number of anilines is 1. The van der Waals surface area contributed by atoms with Crippen molar-refractivity contribution in [2.24, 2.45) is 0 Å². The Morgan fingerprint density at radius 3 is 2.80 bits per heavy atom. The van der Waals surface area contributed by atoms with E-state index in [1.807, 2.05) is 13.0 Å². The van der Waals surface area contributed by atoms with Gasteiger partial charge in [-0.3, -0.25) is 4.79 Å². The minimum Gasteiger partial charge on any atom is -0.324 e. The predicted molar refractivity (Wildman–Crippen MR) is 63.0 cm³/mol. The number of carbonyl (C=O) groups is 1. The van der Waals surface area contributed by atoms with Crippen LogP contribution in [0.15, 0.2) is 18.2 Å². The highest BCUT2D eigenvalue weighted by Gasteiger charge is 2.11. The number of nitriles is 1. The molecule has 1 aromatic rings. The van der Waals surface area contributed by atoms with Crippen molar-refractivity contribution in [3.05, 3.63) is 29.3 Å². The summed E-state index contributed by atoms with van der Waals surface area (Å²) in [5.74, 6) is -0.208. The first kappa shape index (κ1) is 11.6. The second-order valence-corrected chi connectivity index (χ2v) is 4.05. The fourth-order valence-electron chi connectivity index (χ4n) is 1.16. The Labute approximate surface area is 94.5 Å². The molecule has 1 N–H and O–H groups in total. The maximum absolute atomic E-state index is 11.4. The number of thiol groups is 1. The summed E-state index contributed by atoms with van der Waals surface area (Å²) in [7, 11) is 0. The van der Waals surface area contributed by atoms with E-state index in [0.717, 1.165) is 5.56 Å². The third-order valence-electron chi connectivity index (χ3n) is 2.02. The van der Waals surface area contributed by atoms with Crippen molar-refractivity contribution in [2.75, 3.05) is 5.32 Å². The number of hydrogen-bond donors (Lipinski definition) is 2. The highest BCUT2D eigenvalue weighted by Crippen LogP contribution is 2.18. The van der Waals surface area contributed by atoms with Crippen LogP contribution in [0, 0.1) is 18.3 Å². The van der Waals surface area contributed by atoms with Crippen LogP contribution in [0.3, 0.4) is 0 Å². The third kappa shape index (κ3) is 2.74. The van der Waals surface area contributed by atoms with Crippen LogP contribution in [0.4, 0.5) is 5.69 Å². The van der Waals surface area contributed by atoms with Crippen molar-refractivity contribution in [1.82, 2.24) is 0 Å². The minimum atomic E-state index is -0.392. The van der Waals surface area contributed by atoms with Crippen molar-refractivity contribution >= 4 is 24.2 Å². The molecule has 15 heavy (non-hydrogen) atoms. The zero-order chi connectivity index (χ0) is 11.4. The Bertz CT molecular complexity index is 421. The summed E-state index contributed by atoms with van der Waals surface area (Å²) < 4.78 is 0. The molecule has 3 nitrogen and oxygen atoms in total. The molecule has 0 aliphatic rings. The Kier molecular flexibility index (Phi) is 3.75. The number of rotatable bonds is 2. The molecule has 4 heteroatoms. The molecule has 0 fully saturated rings. The molecule has 0 saturated heterocycles. The zero-order valence-corrected chi connectivity index (χ0v) is 9.51. The maximum Gasteiger partial charge on any atom is 0.236 e. The zero-order valence-electron chi connectivity index (χ0n) is 8.61. The summed E-state index contributed by atoms with van der Waals surface area (Å²) in [4.78, 5) is 11.4. The van der Waals surface area contributed by atoms with Crippen molar-refractivity contribution in [3.8, 4) is 6.07 Å². The van der Waals surface area contributed by atoms with Gasteiger partial charge in [-0.15, -0.1) is 0 Å². The quantitative estimate of drug-likeness (QED) is 0.750. The monoisotopic (exact) mass is 220 g/mol. The van der Waals surface area contributed by atoms with Gasteiger partial charge in [-0.25, -0.2) is 0 Å². The van der Waals surface area contributed by atoms with Crippen LogP contribution in [0.25, 0.3) is 0 Å². The minimum absolute atomic E-state index is 0.208. The van der Waals surface area contributed by atoms with E-state index in [1.54, 1.807) is 19.1 Å². The van der Waals surface area contributed by atoms with Crippen LogP contribution >= 0.6 is 12.6 Å². The number of benzene rings is 1. The summed E-state index contributed by atoms with van der Waals surface area (Å²) >= 11 is 4.02. The van der Waals surface area contributed by atoms with E-state index in [0.29, 0.717) is 11.3 Å². The predicted octanol–water partition coefficient (Wildman–Crippen LogP) is 2.12. The Balaban J connectivity index is 3.01. The lowest BCUT2D eigenvalue weighted by Crippen LogP contribution is -2.21. The number of hydrogen-bond acceptors (Lipinski definition) is 3. The molecule has 1 aromatic carbocycles. The number of nitrogens with one attached hydrogen (secondary N) is 1. The Morgan fingerprint density at radius 2 is 2.27 bits per heavy atom. The van der Waals surface area contributed by atoms with Crippen LogP contribution < -0.4 is 5.32 Å². The molecule has 0 aromatic heterocycles. The number of nitrogens with zero attached hydrogens (tertiary/aromatic N) is 1. The van der Waals surface area contributed by atoms with Gasteiger partial charge in [0.2, 0.25) is 5.91 Å². The normalized spacial score (nSPS) is 11.6. The maximum atomic E-state index is 11.4. The number of amides is 1. The van der Waals surface area contributed by atoms with E-state index in [2.05, 4.69) is 24.0 Å². The molecular weight excluding hydrogens is 208 g/mol. The molecule has 1 amide bonds. The molecule has 1 rings (SSSR count). The number of carbonyl (C=O) groups excluding carboxylic acids is 1. The van der Waals surface area contributed by atoms with E-state index in [1.165, 1.54) is 0 Å². The van der Waals surface area contributed by atoms with Gasteiger partial charge in [-0.2, -0.15) is 17.9 Å². The summed E-state index contributed by atoms with van der Waals surface area (Å²) in [5.41, 5.74) is 1.89.